The topological polar surface area (TPSA) is 70.7 Å². The molecule has 5 rings (SSSR count). The van der Waals surface area contributed by atoms with Crippen LogP contribution in [-0.2, 0) is 0 Å². The molecule has 1 aliphatic carbocycles. The minimum absolute atomic E-state index is 0.0503. The predicted octanol–water partition coefficient (Wildman–Crippen LogP) is 4.52. The summed E-state index contributed by atoms with van der Waals surface area (Å²) in [6.07, 6.45) is 6.37. The van der Waals surface area contributed by atoms with Crippen LogP contribution in [0.5, 0.6) is 5.75 Å². The van der Waals surface area contributed by atoms with Crippen molar-refractivity contribution in [2.75, 3.05) is 4.90 Å². The highest BCUT2D eigenvalue weighted by Crippen LogP contribution is 2.45. The van der Waals surface area contributed by atoms with E-state index in [0.717, 1.165) is 24.2 Å². The molecule has 3 aliphatic rings. The molecule has 6 nitrogen and oxygen atoms in total. The largest absolute Gasteiger partial charge is 0.467 e. The van der Waals surface area contributed by atoms with Crippen LogP contribution in [0.1, 0.15) is 67.4 Å². The zero-order chi connectivity index (χ0) is 20.7. The van der Waals surface area contributed by atoms with Crippen molar-refractivity contribution in [2.45, 2.75) is 63.3 Å². The Kier molecular flexibility index (Phi) is 4.65. The van der Waals surface area contributed by atoms with E-state index < -0.39 is 5.72 Å². The Morgan fingerprint density at radius 2 is 1.83 bits per heavy atom. The van der Waals surface area contributed by atoms with Crippen LogP contribution in [0.4, 0.5) is 10.5 Å². The maximum Gasteiger partial charge on any atom is 0.325 e. The number of nitrogens with one attached hydrogen (secondary N) is 2. The van der Waals surface area contributed by atoms with E-state index in [1.807, 2.05) is 43.3 Å². The molecule has 2 aromatic carbocycles. The summed E-state index contributed by atoms with van der Waals surface area (Å²) in [5.74, 6) is 0.746. The maximum absolute atomic E-state index is 13.0. The van der Waals surface area contributed by atoms with Crippen LogP contribution in [0.15, 0.2) is 48.5 Å². The van der Waals surface area contributed by atoms with Gasteiger partial charge in [0, 0.05) is 29.3 Å². The first kappa shape index (κ1) is 19.0. The smallest absolute Gasteiger partial charge is 0.325 e. The second-order valence-electron chi connectivity index (χ2n) is 8.71. The number of ether oxygens (including phenoxy) is 1. The summed E-state index contributed by atoms with van der Waals surface area (Å²) in [5, 5.41) is 6.24. The summed E-state index contributed by atoms with van der Waals surface area (Å²) >= 11 is 0. The van der Waals surface area contributed by atoms with Crippen LogP contribution in [0.3, 0.4) is 0 Å². The first-order valence-corrected chi connectivity index (χ1v) is 10.8. The second-order valence-corrected chi connectivity index (χ2v) is 8.71. The van der Waals surface area contributed by atoms with Crippen molar-refractivity contribution in [2.24, 2.45) is 0 Å². The zero-order valence-electron chi connectivity index (χ0n) is 17.2. The summed E-state index contributed by atoms with van der Waals surface area (Å²) in [4.78, 5) is 27.2. The van der Waals surface area contributed by atoms with Gasteiger partial charge < -0.3 is 15.4 Å². The summed E-state index contributed by atoms with van der Waals surface area (Å²) in [7, 11) is 0. The third-order valence-corrected chi connectivity index (χ3v) is 6.51. The number of rotatable bonds is 3. The molecule has 3 amide bonds. The molecular weight excluding hydrogens is 378 g/mol. The molecule has 0 aromatic heterocycles. The monoisotopic (exact) mass is 405 g/mol. The number of benzene rings is 2. The van der Waals surface area contributed by atoms with Crippen molar-refractivity contribution >= 4 is 17.6 Å². The molecule has 2 atom stereocenters. The molecule has 1 saturated carbocycles. The van der Waals surface area contributed by atoms with Gasteiger partial charge >= 0.3 is 6.03 Å². The van der Waals surface area contributed by atoms with E-state index in [2.05, 4.69) is 10.6 Å². The van der Waals surface area contributed by atoms with Crippen molar-refractivity contribution in [3.05, 3.63) is 59.7 Å². The molecule has 2 bridgehead atoms. The Balaban J connectivity index is 1.36. The molecule has 30 heavy (non-hydrogen) atoms. The van der Waals surface area contributed by atoms with Gasteiger partial charge in [0.15, 0.2) is 5.72 Å². The molecular formula is C24H27N3O3. The molecule has 2 heterocycles. The van der Waals surface area contributed by atoms with Crippen molar-refractivity contribution in [1.82, 2.24) is 10.6 Å². The average molecular weight is 405 g/mol. The van der Waals surface area contributed by atoms with E-state index in [1.54, 1.807) is 17.0 Å². The number of nitrogens with zero attached hydrogens (tertiary/aromatic N) is 1. The minimum Gasteiger partial charge on any atom is -0.467 e. The Morgan fingerprint density at radius 3 is 2.60 bits per heavy atom. The van der Waals surface area contributed by atoms with Crippen molar-refractivity contribution in [3.8, 4) is 5.75 Å². The fourth-order valence-electron chi connectivity index (χ4n) is 4.99. The number of hydrogen-bond acceptors (Lipinski definition) is 3. The van der Waals surface area contributed by atoms with E-state index in [4.69, 9.17) is 4.74 Å². The van der Waals surface area contributed by atoms with Gasteiger partial charge in [-0.2, -0.15) is 0 Å². The summed E-state index contributed by atoms with van der Waals surface area (Å²) in [6.45, 7) is 1.94. The van der Waals surface area contributed by atoms with Crippen LogP contribution >= 0.6 is 0 Å². The highest BCUT2D eigenvalue weighted by molar-refractivity contribution is 5.97. The van der Waals surface area contributed by atoms with E-state index in [9.17, 15) is 9.59 Å². The van der Waals surface area contributed by atoms with Gasteiger partial charge in [0.1, 0.15) is 5.75 Å². The lowest BCUT2D eigenvalue weighted by molar-refractivity contribution is 0.0379. The van der Waals surface area contributed by atoms with Gasteiger partial charge in [0.25, 0.3) is 5.91 Å². The van der Waals surface area contributed by atoms with E-state index >= 15 is 0 Å². The molecule has 2 aliphatic heterocycles. The molecule has 6 heteroatoms. The third-order valence-electron chi connectivity index (χ3n) is 6.51. The fraction of sp³-hybridized carbons (Fsp3) is 0.417. The van der Waals surface area contributed by atoms with Crippen molar-refractivity contribution in [3.63, 3.8) is 0 Å². The third kappa shape index (κ3) is 3.30. The van der Waals surface area contributed by atoms with Gasteiger partial charge in [-0.25, -0.2) is 4.79 Å². The lowest BCUT2D eigenvalue weighted by atomic mass is 9.90. The van der Waals surface area contributed by atoms with Crippen LogP contribution in [-0.4, -0.2) is 23.7 Å². The van der Waals surface area contributed by atoms with Gasteiger partial charge in [-0.05, 0) is 50.1 Å². The first-order chi connectivity index (χ1) is 14.5. The standard InChI is InChI=1S/C24H27N3O3/c1-24-15-20(19-9-5-6-10-21(19)30-24)26-23(29)27(24)18-13-11-16(12-14-18)22(28)25-17-7-3-2-4-8-17/h5-6,9-14,17,20H,2-4,7-8,15H2,1H3,(H,25,28)(H,26,29). The number of amides is 3. The number of fused-ring (bicyclic) bond motifs is 4. The number of carbonyl (C=O) groups excluding carboxylic acids is 2. The summed E-state index contributed by atoms with van der Waals surface area (Å²) < 4.78 is 6.29. The molecule has 156 valence electrons. The Hall–Kier alpha value is -3.02. The number of urea groups is 1. The predicted molar refractivity (Wildman–Crippen MR) is 115 cm³/mol. The van der Waals surface area contributed by atoms with Gasteiger partial charge in [0.2, 0.25) is 0 Å². The molecule has 2 fully saturated rings. The molecule has 2 aromatic rings. The van der Waals surface area contributed by atoms with Gasteiger partial charge in [0.05, 0.1) is 6.04 Å². The number of carbonyl (C=O) groups is 2. The fourth-order valence-corrected chi connectivity index (χ4v) is 4.99. The van der Waals surface area contributed by atoms with Crippen LogP contribution < -0.4 is 20.3 Å². The SMILES string of the molecule is CC12CC(NC(=O)N1c1ccc(C(=O)NC3CCCCC3)cc1)c1ccccc1O2. The number of para-hydroxylation sites is 1. The molecule has 1 saturated heterocycles. The van der Waals surface area contributed by atoms with E-state index in [0.29, 0.717) is 17.7 Å². The van der Waals surface area contributed by atoms with Crippen LogP contribution in [0, 0.1) is 0 Å². The first-order valence-electron chi connectivity index (χ1n) is 10.8. The lowest BCUT2D eigenvalue weighted by Gasteiger charge is -2.50. The van der Waals surface area contributed by atoms with Gasteiger partial charge in [-0.3, -0.25) is 9.69 Å². The Labute approximate surface area is 176 Å². The van der Waals surface area contributed by atoms with E-state index in [-0.39, 0.29) is 24.0 Å². The number of anilines is 1. The number of hydrogen-bond donors (Lipinski definition) is 2. The van der Waals surface area contributed by atoms with Gasteiger partial charge in [-0.1, -0.05) is 37.5 Å². The zero-order valence-corrected chi connectivity index (χ0v) is 17.2. The molecule has 2 N–H and O–H groups in total. The summed E-state index contributed by atoms with van der Waals surface area (Å²) in [6, 6.07) is 15.1. The Bertz CT molecular complexity index is 968. The highest BCUT2D eigenvalue weighted by atomic mass is 16.5. The quantitative estimate of drug-likeness (QED) is 0.789. The molecule has 0 spiro atoms. The summed E-state index contributed by atoms with van der Waals surface area (Å²) in [5.41, 5.74) is 1.55. The van der Waals surface area contributed by atoms with Crippen LogP contribution in [0.2, 0.25) is 0 Å². The van der Waals surface area contributed by atoms with Crippen molar-refractivity contribution in [1.29, 1.82) is 0 Å². The lowest BCUT2D eigenvalue weighted by Crippen LogP contribution is -2.65. The van der Waals surface area contributed by atoms with Gasteiger partial charge in [-0.15, -0.1) is 0 Å². The van der Waals surface area contributed by atoms with Crippen molar-refractivity contribution < 1.29 is 14.3 Å². The van der Waals surface area contributed by atoms with Crippen LogP contribution in [0.25, 0.3) is 0 Å². The normalized spacial score (nSPS) is 25.7. The molecule has 2 unspecified atom stereocenters. The average Bonchev–Trinajstić information content (AvgIpc) is 2.74. The minimum atomic E-state index is -0.784. The maximum atomic E-state index is 13.0. The highest BCUT2D eigenvalue weighted by Gasteiger charge is 2.49. The van der Waals surface area contributed by atoms with E-state index in [1.165, 1.54) is 19.3 Å². The Morgan fingerprint density at radius 1 is 1.10 bits per heavy atom. The molecule has 0 radical (unpaired) electrons. The second kappa shape index (κ2) is 7.35.